The van der Waals surface area contributed by atoms with Crippen LogP contribution in [0.5, 0.6) is 0 Å². The highest BCUT2D eigenvalue weighted by Crippen LogP contribution is 2.13. The molecule has 0 radical (unpaired) electrons. The van der Waals surface area contributed by atoms with Gasteiger partial charge < -0.3 is 10.1 Å². The van der Waals surface area contributed by atoms with Gasteiger partial charge in [0, 0.05) is 25.9 Å². The van der Waals surface area contributed by atoms with Crippen molar-refractivity contribution < 1.29 is 13.2 Å². The largest absolute Gasteiger partial charge is 0.385 e. The molecule has 2 N–H and O–H groups in total. The maximum atomic E-state index is 11.8. The lowest BCUT2D eigenvalue weighted by atomic mass is 10.3. The van der Waals surface area contributed by atoms with Gasteiger partial charge >= 0.3 is 0 Å². The molecule has 0 aromatic heterocycles. The Labute approximate surface area is 102 Å². The standard InChI is InChI=1S/C11H18N2O3S/c1-3-12-10-4-6-11(7-5-10)17(14,15)13-8-9-16-2/h4-7,12-13H,3,8-9H2,1-2H3. The summed E-state index contributed by atoms with van der Waals surface area (Å²) in [5.41, 5.74) is 0.906. The lowest BCUT2D eigenvalue weighted by molar-refractivity contribution is 0.204. The Hall–Kier alpha value is -1.11. The van der Waals surface area contributed by atoms with E-state index in [1.54, 1.807) is 24.3 Å². The number of hydrogen-bond acceptors (Lipinski definition) is 4. The lowest BCUT2D eigenvalue weighted by Crippen LogP contribution is -2.27. The van der Waals surface area contributed by atoms with Crippen LogP contribution in [0, 0.1) is 0 Å². The van der Waals surface area contributed by atoms with E-state index in [-0.39, 0.29) is 11.4 Å². The summed E-state index contributed by atoms with van der Waals surface area (Å²) in [5.74, 6) is 0. The van der Waals surface area contributed by atoms with Crippen LogP contribution in [-0.2, 0) is 14.8 Å². The van der Waals surface area contributed by atoms with Gasteiger partial charge in [0.2, 0.25) is 10.0 Å². The van der Waals surface area contributed by atoms with Gasteiger partial charge in [-0.05, 0) is 31.2 Å². The number of hydrogen-bond donors (Lipinski definition) is 2. The van der Waals surface area contributed by atoms with Gasteiger partial charge in [-0.2, -0.15) is 0 Å². The van der Waals surface area contributed by atoms with Crippen LogP contribution in [-0.4, -0.2) is 35.2 Å². The molecule has 17 heavy (non-hydrogen) atoms. The van der Waals surface area contributed by atoms with E-state index < -0.39 is 10.0 Å². The van der Waals surface area contributed by atoms with E-state index in [2.05, 4.69) is 10.0 Å². The van der Waals surface area contributed by atoms with E-state index in [9.17, 15) is 8.42 Å². The second-order valence-corrected chi connectivity index (χ2v) is 5.21. The maximum Gasteiger partial charge on any atom is 0.240 e. The summed E-state index contributed by atoms with van der Waals surface area (Å²) < 4.78 is 30.8. The summed E-state index contributed by atoms with van der Waals surface area (Å²) in [6, 6.07) is 6.64. The molecule has 0 saturated carbocycles. The predicted molar refractivity (Wildman–Crippen MR) is 67.7 cm³/mol. The van der Waals surface area contributed by atoms with E-state index >= 15 is 0 Å². The van der Waals surface area contributed by atoms with Crippen molar-refractivity contribution in [2.45, 2.75) is 11.8 Å². The summed E-state index contributed by atoms with van der Waals surface area (Å²) in [4.78, 5) is 0.259. The Morgan fingerprint density at radius 1 is 1.24 bits per heavy atom. The molecule has 0 aliphatic rings. The minimum atomic E-state index is -3.42. The minimum absolute atomic E-state index is 0.259. The first kappa shape index (κ1) is 14.0. The van der Waals surface area contributed by atoms with Gasteiger partial charge in [0.15, 0.2) is 0 Å². The molecule has 0 aliphatic heterocycles. The number of anilines is 1. The molecule has 0 atom stereocenters. The van der Waals surface area contributed by atoms with Crippen LogP contribution in [0.1, 0.15) is 6.92 Å². The van der Waals surface area contributed by atoms with E-state index in [4.69, 9.17) is 4.74 Å². The first-order chi connectivity index (χ1) is 8.10. The van der Waals surface area contributed by atoms with Crippen molar-refractivity contribution in [2.24, 2.45) is 0 Å². The fraction of sp³-hybridized carbons (Fsp3) is 0.455. The molecule has 1 aromatic rings. The van der Waals surface area contributed by atoms with Gasteiger partial charge in [-0.15, -0.1) is 0 Å². The predicted octanol–water partition coefficient (Wildman–Crippen LogP) is 1.04. The zero-order valence-corrected chi connectivity index (χ0v) is 10.9. The summed E-state index contributed by atoms with van der Waals surface area (Å²) in [5, 5.41) is 3.10. The molecule has 0 heterocycles. The topological polar surface area (TPSA) is 67.4 Å². The number of ether oxygens (including phenoxy) is 1. The monoisotopic (exact) mass is 258 g/mol. The number of rotatable bonds is 7. The van der Waals surface area contributed by atoms with Crippen molar-refractivity contribution in [1.82, 2.24) is 4.72 Å². The molecule has 1 aromatic carbocycles. The van der Waals surface area contributed by atoms with Crippen molar-refractivity contribution in [3.05, 3.63) is 24.3 Å². The summed E-state index contributed by atoms with van der Waals surface area (Å²) in [6.07, 6.45) is 0. The van der Waals surface area contributed by atoms with Crippen LogP contribution in [0.2, 0.25) is 0 Å². The SMILES string of the molecule is CCNc1ccc(S(=O)(=O)NCCOC)cc1. The molecule has 0 unspecified atom stereocenters. The van der Waals surface area contributed by atoms with Gasteiger partial charge in [-0.3, -0.25) is 0 Å². The zero-order chi connectivity index (χ0) is 12.7. The van der Waals surface area contributed by atoms with E-state index in [0.29, 0.717) is 6.61 Å². The molecule has 0 amide bonds. The Morgan fingerprint density at radius 2 is 1.88 bits per heavy atom. The van der Waals surface area contributed by atoms with Crippen molar-refractivity contribution in [3.63, 3.8) is 0 Å². The third-order valence-corrected chi connectivity index (χ3v) is 3.62. The molecule has 6 heteroatoms. The molecule has 0 bridgehead atoms. The molecule has 1 rings (SSSR count). The van der Waals surface area contributed by atoms with Crippen LogP contribution in [0.3, 0.4) is 0 Å². The number of methoxy groups -OCH3 is 1. The zero-order valence-electron chi connectivity index (χ0n) is 10.1. The third-order valence-electron chi connectivity index (χ3n) is 2.14. The minimum Gasteiger partial charge on any atom is -0.385 e. The lowest BCUT2D eigenvalue weighted by Gasteiger charge is -2.07. The number of benzene rings is 1. The van der Waals surface area contributed by atoms with Crippen molar-refractivity contribution in [1.29, 1.82) is 0 Å². The smallest absolute Gasteiger partial charge is 0.240 e. The summed E-state index contributed by atoms with van der Waals surface area (Å²) in [6.45, 7) is 3.41. The highest BCUT2D eigenvalue weighted by molar-refractivity contribution is 7.89. The summed E-state index contributed by atoms with van der Waals surface area (Å²) in [7, 11) is -1.89. The number of sulfonamides is 1. The van der Waals surface area contributed by atoms with Crippen LogP contribution in [0.15, 0.2) is 29.2 Å². The quantitative estimate of drug-likeness (QED) is 0.717. The van der Waals surface area contributed by atoms with E-state index in [0.717, 1.165) is 12.2 Å². The highest BCUT2D eigenvalue weighted by atomic mass is 32.2. The average molecular weight is 258 g/mol. The van der Waals surface area contributed by atoms with Gasteiger partial charge in [-0.25, -0.2) is 13.1 Å². The fourth-order valence-corrected chi connectivity index (χ4v) is 2.33. The van der Waals surface area contributed by atoms with E-state index in [1.165, 1.54) is 7.11 Å². The van der Waals surface area contributed by atoms with E-state index in [1.807, 2.05) is 6.92 Å². The van der Waals surface area contributed by atoms with Crippen molar-refractivity contribution in [2.75, 3.05) is 32.1 Å². The molecule has 0 spiro atoms. The Balaban J connectivity index is 2.71. The average Bonchev–Trinajstić information content (AvgIpc) is 2.30. The second-order valence-electron chi connectivity index (χ2n) is 3.45. The van der Waals surface area contributed by atoms with Gasteiger partial charge in [0.05, 0.1) is 11.5 Å². The Bertz CT molecular complexity index is 429. The van der Waals surface area contributed by atoms with Crippen LogP contribution in [0.4, 0.5) is 5.69 Å². The third kappa shape index (κ3) is 4.33. The van der Waals surface area contributed by atoms with Gasteiger partial charge in [0.25, 0.3) is 0 Å². The first-order valence-corrected chi connectivity index (χ1v) is 6.91. The molecule has 0 saturated heterocycles. The normalized spacial score (nSPS) is 11.4. The first-order valence-electron chi connectivity index (χ1n) is 5.42. The van der Waals surface area contributed by atoms with Crippen molar-refractivity contribution in [3.8, 4) is 0 Å². The molecular weight excluding hydrogens is 240 g/mol. The van der Waals surface area contributed by atoms with Crippen LogP contribution >= 0.6 is 0 Å². The Kier molecular flexibility index (Phi) is 5.40. The molecule has 5 nitrogen and oxygen atoms in total. The van der Waals surface area contributed by atoms with Crippen LogP contribution in [0.25, 0.3) is 0 Å². The van der Waals surface area contributed by atoms with Gasteiger partial charge in [0.1, 0.15) is 0 Å². The van der Waals surface area contributed by atoms with Crippen LogP contribution < -0.4 is 10.0 Å². The maximum absolute atomic E-state index is 11.8. The molecular formula is C11H18N2O3S. The number of nitrogens with one attached hydrogen (secondary N) is 2. The molecule has 0 fully saturated rings. The second kappa shape index (κ2) is 6.58. The highest BCUT2D eigenvalue weighted by Gasteiger charge is 2.12. The summed E-state index contributed by atoms with van der Waals surface area (Å²) >= 11 is 0. The molecule has 96 valence electrons. The molecule has 0 aliphatic carbocycles. The Morgan fingerprint density at radius 3 is 2.41 bits per heavy atom. The van der Waals surface area contributed by atoms with Gasteiger partial charge in [-0.1, -0.05) is 0 Å². The van der Waals surface area contributed by atoms with Crippen molar-refractivity contribution >= 4 is 15.7 Å². The fourth-order valence-electron chi connectivity index (χ4n) is 1.32.